The molecule has 0 saturated carbocycles. The van der Waals surface area contributed by atoms with Gasteiger partial charge in [-0.05, 0) is 27.7 Å². The maximum absolute atomic E-state index is 11.6. The molecule has 0 aromatic carbocycles. The van der Waals surface area contributed by atoms with Crippen LogP contribution < -0.4 is 0 Å². The van der Waals surface area contributed by atoms with E-state index in [-0.39, 0.29) is 0 Å². The van der Waals surface area contributed by atoms with E-state index in [4.69, 9.17) is 5.21 Å². The van der Waals surface area contributed by atoms with Crippen molar-refractivity contribution >= 4 is 5.71 Å². The highest BCUT2D eigenvalue weighted by Gasteiger charge is 2.50. The zero-order valence-electron chi connectivity index (χ0n) is 7.96. The minimum Gasteiger partial charge on any atom is -0.411 e. The van der Waals surface area contributed by atoms with Gasteiger partial charge in [0, 0.05) is 6.42 Å². The van der Waals surface area contributed by atoms with E-state index in [0.29, 0.717) is 12.1 Å². The van der Waals surface area contributed by atoms with Crippen LogP contribution in [0.4, 0.5) is 0 Å². The number of nitrogens with zero attached hydrogens (tertiary/aromatic N) is 2. The van der Waals surface area contributed by atoms with Crippen LogP contribution in [-0.2, 0) is 5.21 Å². The molecule has 0 unspecified atom stereocenters. The molecule has 1 aliphatic heterocycles. The fraction of sp³-hybridized carbons (Fsp3) is 0.875. The van der Waals surface area contributed by atoms with Gasteiger partial charge in [0.1, 0.15) is 0 Å². The van der Waals surface area contributed by atoms with Crippen molar-refractivity contribution < 1.29 is 10.4 Å². The summed E-state index contributed by atoms with van der Waals surface area (Å²) in [6.45, 7) is 7.23. The predicted octanol–water partition coefficient (Wildman–Crippen LogP) is 1.43. The topological polar surface area (TPSA) is 55.7 Å². The van der Waals surface area contributed by atoms with Crippen LogP contribution in [-0.4, -0.2) is 27.1 Å². The molecule has 1 rings (SSSR count). The van der Waals surface area contributed by atoms with Crippen molar-refractivity contribution in [2.45, 2.75) is 45.2 Å². The Bertz CT molecular complexity index is 221. The molecule has 1 saturated heterocycles. The molecule has 4 nitrogen and oxygen atoms in total. The van der Waals surface area contributed by atoms with Gasteiger partial charge in [0.2, 0.25) is 0 Å². The molecule has 12 heavy (non-hydrogen) atoms. The second kappa shape index (κ2) is 2.44. The van der Waals surface area contributed by atoms with Crippen molar-refractivity contribution in [1.82, 2.24) is 5.06 Å². The number of hydrogen-bond donors (Lipinski definition) is 1. The van der Waals surface area contributed by atoms with Gasteiger partial charge in [-0.25, -0.2) is 0 Å². The normalized spacial score (nSPS) is 31.2. The second-order valence-electron chi connectivity index (χ2n) is 4.39. The summed E-state index contributed by atoms with van der Waals surface area (Å²) in [4.78, 5) is 0. The maximum atomic E-state index is 11.6. The summed E-state index contributed by atoms with van der Waals surface area (Å²) in [5.74, 6) is 0. The van der Waals surface area contributed by atoms with Gasteiger partial charge in [0.05, 0.1) is 16.8 Å². The van der Waals surface area contributed by atoms with Crippen LogP contribution in [0, 0.1) is 0 Å². The molecule has 0 spiro atoms. The van der Waals surface area contributed by atoms with Crippen molar-refractivity contribution in [3.63, 3.8) is 0 Å². The molecule has 1 heterocycles. The first-order chi connectivity index (χ1) is 5.32. The Morgan fingerprint density at radius 1 is 1.42 bits per heavy atom. The molecular formula is C8H15N2O2. The van der Waals surface area contributed by atoms with Crippen LogP contribution >= 0.6 is 0 Å². The molecule has 4 heteroatoms. The molecule has 0 atom stereocenters. The smallest absolute Gasteiger partial charge is 0.0857 e. The first-order valence-corrected chi connectivity index (χ1v) is 4.01. The Balaban J connectivity index is 3.05. The van der Waals surface area contributed by atoms with Gasteiger partial charge in [0.15, 0.2) is 0 Å². The highest BCUT2D eigenvalue weighted by atomic mass is 16.5. The van der Waals surface area contributed by atoms with Crippen molar-refractivity contribution in [1.29, 1.82) is 0 Å². The van der Waals surface area contributed by atoms with E-state index in [1.165, 1.54) is 0 Å². The van der Waals surface area contributed by atoms with E-state index in [0.717, 1.165) is 5.06 Å². The van der Waals surface area contributed by atoms with Crippen LogP contribution in [0.15, 0.2) is 5.16 Å². The standard InChI is InChI=1S/C8H15N2O2/c1-7(2)5-6(9-11)8(3,4)10(7)12/h11H,5H2,1-4H3. The average molecular weight is 171 g/mol. The molecule has 1 fully saturated rings. The van der Waals surface area contributed by atoms with E-state index < -0.39 is 11.1 Å². The van der Waals surface area contributed by atoms with Crippen LogP contribution in [0.1, 0.15) is 34.1 Å². The van der Waals surface area contributed by atoms with Crippen LogP contribution in [0.2, 0.25) is 0 Å². The molecule has 69 valence electrons. The first kappa shape index (κ1) is 9.48. The lowest BCUT2D eigenvalue weighted by Crippen LogP contribution is -2.46. The molecule has 0 aromatic rings. The third-order valence-corrected chi connectivity index (χ3v) is 2.48. The van der Waals surface area contributed by atoms with Crippen molar-refractivity contribution in [3.8, 4) is 0 Å². The van der Waals surface area contributed by atoms with Gasteiger partial charge < -0.3 is 5.21 Å². The zero-order valence-corrected chi connectivity index (χ0v) is 7.96. The summed E-state index contributed by atoms with van der Waals surface area (Å²) in [5.41, 5.74) is -0.564. The highest BCUT2D eigenvalue weighted by molar-refractivity contribution is 5.95. The van der Waals surface area contributed by atoms with Gasteiger partial charge in [-0.2, -0.15) is 0 Å². The van der Waals surface area contributed by atoms with Crippen LogP contribution in [0.25, 0.3) is 0 Å². The Labute approximate surface area is 72.4 Å². The van der Waals surface area contributed by atoms with E-state index >= 15 is 0 Å². The Hall–Kier alpha value is -0.610. The van der Waals surface area contributed by atoms with E-state index in [9.17, 15) is 5.21 Å². The summed E-state index contributed by atoms with van der Waals surface area (Å²) in [6.07, 6.45) is 0.528. The second-order valence-corrected chi connectivity index (χ2v) is 4.39. The average Bonchev–Trinajstić information content (AvgIpc) is 2.11. The molecule has 0 aliphatic carbocycles. The quantitative estimate of drug-likeness (QED) is 0.442. The zero-order chi connectivity index (χ0) is 9.57. The molecule has 1 N–H and O–H groups in total. The lowest BCUT2D eigenvalue weighted by molar-refractivity contribution is -0.237. The lowest BCUT2D eigenvalue weighted by Gasteiger charge is -2.30. The minimum atomic E-state index is -0.668. The van der Waals surface area contributed by atoms with Gasteiger partial charge in [-0.1, -0.05) is 5.16 Å². The summed E-state index contributed by atoms with van der Waals surface area (Å²) < 4.78 is 0. The highest BCUT2D eigenvalue weighted by Crippen LogP contribution is 2.36. The summed E-state index contributed by atoms with van der Waals surface area (Å²) in [7, 11) is 0. The van der Waals surface area contributed by atoms with Gasteiger partial charge in [-0.3, -0.25) is 0 Å². The maximum Gasteiger partial charge on any atom is 0.0857 e. The molecule has 1 radical (unpaired) electrons. The Morgan fingerprint density at radius 3 is 2.08 bits per heavy atom. The fourth-order valence-electron chi connectivity index (χ4n) is 1.73. The third-order valence-electron chi connectivity index (χ3n) is 2.48. The third kappa shape index (κ3) is 1.11. The Morgan fingerprint density at radius 2 is 1.92 bits per heavy atom. The number of rotatable bonds is 0. The van der Waals surface area contributed by atoms with Crippen LogP contribution in [0.5, 0.6) is 0 Å². The first-order valence-electron chi connectivity index (χ1n) is 4.01. The lowest BCUT2D eigenvalue weighted by atomic mass is 9.98. The SMILES string of the molecule is CC1(C)CC(=NO)C(C)(C)N1[O]. The summed E-state index contributed by atoms with van der Waals surface area (Å²) >= 11 is 0. The van der Waals surface area contributed by atoms with E-state index in [2.05, 4.69) is 5.16 Å². The van der Waals surface area contributed by atoms with Crippen molar-refractivity contribution in [2.24, 2.45) is 5.16 Å². The fourth-order valence-corrected chi connectivity index (χ4v) is 1.73. The molecule has 0 amide bonds. The minimum absolute atomic E-state index is 0.453. The van der Waals surface area contributed by atoms with Crippen molar-refractivity contribution in [3.05, 3.63) is 0 Å². The van der Waals surface area contributed by atoms with Gasteiger partial charge in [0.25, 0.3) is 0 Å². The number of hydrogen-bond acceptors (Lipinski definition) is 3. The monoisotopic (exact) mass is 171 g/mol. The Kier molecular flexibility index (Phi) is 1.92. The van der Waals surface area contributed by atoms with Crippen molar-refractivity contribution in [2.75, 3.05) is 0 Å². The molecule has 0 bridgehead atoms. The van der Waals surface area contributed by atoms with Gasteiger partial charge in [-0.15, -0.1) is 10.3 Å². The largest absolute Gasteiger partial charge is 0.411 e. The molecule has 0 aromatic heterocycles. The number of hydroxylamine groups is 2. The van der Waals surface area contributed by atoms with E-state index in [1.807, 2.05) is 13.8 Å². The summed E-state index contributed by atoms with van der Waals surface area (Å²) in [6, 6.07) is 0. The van der Waals surface area contributed by atoms with Gasteiger partial charge >= 0.3 is 0 Å². The molecule has 1 aliphatic rings. The molecular weight excluding hydrogens is 156 g/mol. The number of oxime groups is 1. The van der Waals surface area contributed by atoms with Crippen LogP contribution in [0.3, 0.4) is 0 Å². The predicted molar refractivity (Wildman–Crippen MR) is 44.5 cm³/mol. The summed E-state index contributed by atoms with van der Waals surface area (Å²) in [5, 5.41) is 24.5. The van der Waals surface area contributed by atoms with E-state index in [1.54, 1.807) is 13.8 Å².